The zero-order valence-corrected chi connectivity index (χ0v) is 41.8. The van der Waals surface area contributed by atoms with Gasteiger partial charge in [-0.05, 0) is 201 Å². The van der Waals surface area contributed by atoms with Gasteiger partial charge >= 0.3 is 0 Å². The summed E-state index contributed by atoms with van der Waals surface area (Å²) < 4.78 is 5.23. The van der Waals surface area contributed by atoms with E-state index in [0.717, 1.165) is 33.4 Å². The van der Waals surface area contributed by atoms with Gasteiger partial charge in [0.05, 0.1) is 44.9 Å². The number of carbonyl (C=O) groups is 2. The predicted octanol–water partition coefficient (Wildman–Crippen LogP) is 17.1. The SMILES string of the molecule is O=C1c2cc3c(cc2C2c4ccccc4C1c1ccccc12)c1c2c(cc4c5cc6c(cc5n3c41)c1cc3c(c4c5cc7c(cc5n6c14)C(=O)C1c4ccccc4C7c4ccccc41)C1CCC3CC1)C1CCC2CC1. The zero-order chi connectivity index (χ0) is 48.9. The summed E-state index contributed by atoms with van der Waals surface area (Å²) in [7, 11) is 0. The lowest BCUT2D eigenvalue weighted by Crippen LogP contribution is -2.21. The maximum absolute atomic E-state index is 15.6. The molecule has 2 fully saturated rings. The van der Waals surface area contributed by atoms with Gasteiger partial charge in [-0.15, -0.1) is 0 Å². The van der Waals surface area contributed by atoms with E-state index in [1.165, 1.54) is 161 Å². The van der Waals surface area contributed by atoms with E-state index in [4.69, 9.17) is 0 Å². The molecule has 8 bridgehead atoms. The Labute approximate surface area is 437 Å². The Morgan fingerprint density at radius 2 is 0.592 bits per heavy atom. The van der Waals surface area contributed by atoms with E-state index in [1.54, 1.807) is 22.3 Å². The van der Waals surface area contributed by atoms with Gasteiger partial charge < -0.3 is 8.80 Å². The predicted molar refractivity (Wildman–Crippen MR) is 304 cm³/mol. The number of aromatic nitrogens is 2. The summed E-state index contributed by atoms with van der Waals surface area (Å²) in [4.78, 5) is 31.1. The Morgan fingerprint density at radius 3 is 0.947 bits per heavy atom. The number of hydrogen-bond donors (Lipinski definition) is 0. The third-order valence-corrected chi connectivity index (χ3v) is 22.0. The zero-order valence-electron chi connectivity index (χ0n) is 41.8. The Balaban J connectivity index is 0.906. The first-order chi connectivity index (χ1) is 37.6. The van der Waals surface area contributed by atoms with Crippen molar-refractivity contribution in [3.05, 3.63) is 235 Å². The fraction of sp³-hybridized carbons (Fsp3) is 0.222. The standard InChI is InChI=1S/C72H48N2O2/c75-71-53-31-59-55(27-49(53)63-37-9-1-5-13-41(37)65(71)42-14-6-2-10-38(42)63)67-61-35-21-17-33(18-22-35)45(61)25-51-47-30-58-48(29-57(47)73(59)69(51)67)52-26-46-34-19-23-36(24-20-34)62(46)68-56-28-50-54(32-60(56)74(58)70(52)68)72(76)66-43-15-7-3-11-39(43)64(50)40-12-4-8-16-44(40)66/h1-16,25-36,63-66H,17-24H2. The Morgan fingerprint density at radius 1 is 0.289 bits per heavy atom. The van der Waals surface area contributed by atoms with Gasteiger partial charge in [-0.3, -0.25) is 9.59 Å². The van der Waals surface area contributed by atoms with Crippen LogP contribution in [0, 0.1) is 0 Å². The maximum Gasteiger partial charge on any atom is 0.175 e. The number of nitrogens with zero attached hydrogens (tertiary/aromatic N) is 2. The van der Waals surface area contributed by atoms with Gasteiger partial charge in [0.25, 0.3) is 0 Å². The summed E-state index contributed by atoms with van der Waals surface area (Å²) in [5, 5.41) is 10.7. The minimum atomic E-state index is -0.322. The van der Waals surface area contributed by atoms with E-state index in [-0.39, 0.29) is 35.2 Å². The molecule has 0 spiro atoms. The highest BCUT2D eigenvalue weighted by atomic mass is 16.1. The normalized spacial score (nSPS) is 25.0. The largest absolute Gasteiger partial charge is 0.308 e. The lowest BCUT2D eigenvalue weighted by Gasteiger charge is -2.39. The topological polar surface area (TPSA) is 43.0 Å². The second-order valence-electron chi connectivity index (χ2n) is 24.8. The van der Waals surface area contributed by atoms with Crippen molar-refractivity contribution in [3.8, 4) is 0 Å². The Kier molecular flexibility index (Phi) is 6.70. The molecule has 2 saturated carbocycles. The second kappa shape index (κ2) is 12.9. The van der Waals surface area contributed by atoms with Gasteiger partial charge in [0.1, 0.15) is 0 Å². The third-order valence-electron chi connectivity index (χ3n) is 22.0. The molecule has 76 heavy (non-hydrogen) atoms. The Hall–Kier alpha value is -8.08. The van der Waals surface area contributed by atoms with E-state index in [0.29, 0.717) is 23.7 Å². The first kappa shape index (κ1) is 39.3. The van der Waals surface area contributed by atoms with Crippen LogP contribution in [-0.4, -0.2) is 20.4 Å². The molecule has 0 amide bonds. The van der Waals surface area contributed by atoms with Crippen LogP contribution >= 0.6 is 0 Å². The quantitative estimate of drug-likeness (QED) is 0.152. The molecule has 0 radical (unpaired) electrons. The summed E-state index contributed by atoms with van der Waals surface area (Å²) >= 11 is 0. The highest BCUT2D eigenvalue weighted by Crippen LogP contribution is 2.61. The fourth-order valence-corrected chi connectivity index (χ4v) is 19.1. The smallest absolute Gasteiger partial charge is 0.175 e. The molecule has 9 aromatic carbocycles. The number of fused-ring (bicyclic) bond motifs is 16. The highest BCUT2D eigenvalue weighted by molar-refractivity contribution is 6.31. The molecule has 4 heterocycles. The van der Waals surface area contributed by atoms with Crippen molar-refractivity contribution in [2.24, 2.45) is 0 Å². The summed E-state index contributed by atoms with van der Waals surface area (Å²) in [6, 6.07) is 55.2. The van der Waals surface area contributed by atoms with E-state index in [2.05, 4.69) is 154 Å². The van der Waals surface area contributed by atoms with Crippen molar-refractivity contribution in [1.29, 1.82) is 0 Å². The van der Waals surface area contributed by atoms with Crippen LogP contribution in [0.3, 0.4) is 0 Å². The van der Waals surface area contributed by atoms with Crippen LogP contribution in [0.2, 0.25) is 0 Å². The molecule has 12 aliphatic carbocycles. The van der Waals surface area contributed by atoms with Gasteiger partial charge in [0.2, 0.25) is 0 Å². The lowest BCUT2D eigenvalue weighted by molar-refractivity contribution is 0.0966. The fourth-order valence-electron chi connectivity index (χ4n) is 19.1. The molecule has 0 N–H and O–H groups in total. The van der Waals surface area contributed by atoms with Crippen LogP contribution < -0.4 is 0 Å². The summed E-state index contributed by atoms with van der Waals surface area (Å²) in [5.74, 6) is 2.01. The summed E-state index contributed by atoms with van der Waals surface area (Å²) in [6.07, 6.45) is 10.0. The monoisotopic (exact) mass is 972 g/mol. The van der Waals surface area contributed by atoms with Gasteiger partial charge in [-0.1, -0.05) is 97.1 Å². The number of benzene rings is 9. The van der Waals surface area contributed by atoms with E-state index in [9.17, 15) is 0 Å². The summed E-state index contributed by atoms with van der Waals surface area (Å²) in [5.41, 5.74) is 27.6. The number of rotatable bonds is 0. The van der Waals surface area contributed by atoms with Crippen LogP contribution in [0.5, 0.6) is 0 Å². The van der Waals surface area contributed by atoms with Crippen molar-refractivity contribution in [2.45, 2.75) is 98.7 Å². The van der Waals surface area contributed by atoms with Crippen molar-refractivity contribution >= 4 is 87.8 Å². The first-order valence-corrected chi connectivity index (χ1v) is 28.6. The van der Waals surface area contributed by atoms with Gasteiger partial charge in [0, 0.05) is 66.1 Å². The average Bonchev–Trinajstić information content (AvgIpc) is 4.15. The van der Waals surface area contributed by atoms with Gasteiger partial charge in [-0.25, -0.2) is 0 Å². The minimum Gasteiger partial charge on any atom is -0.308 e. The molecular formula is C72H48N2O2. The molecule has 4 heteroatoms. The minimum absolute atomic E-state index is 0.000711. The van der Waals surface area contributed by atoms with Crippen LogP contribution in [0.15, 0.2) is 146 Å². The van der Waals surface area contributed by atoms with E-state index < -0.39 is 0 Å². The van der Waals surface area contributed by atoms with Crippen LogP contribution in [0.4, 0.5) is 0 Å². The van der Waals surface area contributed by atoms with E-state index in [1.807, 2.05) is 0 Å². The van der Waals surface area contributed by atoms with Crippen LogP contribution in [0.25, 0.3) is 76.2 Å². The number of Topliss-reactive ketones (excluding diaryl/α,β-unsaturated/α-hetero) is 2. The molecule has 13 aromatic rings. The molecule has 12 aliphatic rings. The van der Waals surface area contributed by atoms with Crippen molar-refractivity contribution in [2.75, 3.05) is 0 Å². The number of carbonyl (C=O) groups excluding carboxylic acids is 2. The third kappa shape index (κ3) is 4.24. The maximum atomic E-state index is 15.6. The summed E-state index contributed by atoms with van der Waals surface area (Å²) in [6.45, 7) is 0. The van der Waals surface area contributed by atoms with Crippen LogP contribution in [-0.2, 0) is 0 Å². The van der Waals surface area contributed by atoms with Crippen molar-refractivity contribution < 1.29 is 9.59 Å². The van der Waals surface area contributed by atoms with Crippen molar-refractivity contribution in [1.82, 2.24) is 8.80 Å². The first-order valence-electron chi connectivity index (χ1n) is 28.6. The number of ketones is 2. The van der Waals surface area contributed by atoms with Crippen LogP contribution in [0.1, 0.15) is 197 Å². The van der Waals surface area contributed by atoms with Gasteiger partial charge in [0.15, 0.2) is 11.6 Å². The molecular weight excluding hydrogens is 925 g/mol. The second-order valence-corrected chi connectivity index (χ2v) is 24.8. The highest BCUT2D eigenvalue weighted by Gasteiger charge is 2.46. The molecule has 4 nitrogen and oxygen atoms in total. The Bertz CT molecular complexity index is 4580. The molecule has 4 aromatic heterocycles. The molecule has 0 aliphatic heterocycles. The molecule has 0 saturated heterocycles. The van der Waals surface area contributed by atoms with Gasteiger partial charge in [-0.2, -0.15) is 0 Å². The lowest BCUT2D eigenvalue weighted by atomic mass is 9.65. The molecule has 358 valence electrons. The van der Waals surface area contributed by atoms with Crippen molar-refractivity contribution in [3.63, 3.8) is 0 Å². The molecule has 0 atom stereocenters. The molecule has 0 unspecified atom stereocenters. The molecule has 25 rings (SSSR count). The average molecular weight is 973 g/mol. The number of hydrogen-bond acceptors (Lipinski definition) is 2. The van der Waals surface area contributed by atoms with E-state index >= 15 is 9.59 Å².